The fraction of sp³-hybridized carbons (Fsp3) is 0.346. The summed E-state index contributed by atoms with van der Waals surface area (Å²) in [5.74, 6) is 1.31. The SMILES string of the molecule is COc1cc(C2NC(=O)c3c(sc4c3CCN(C(C)C)C4)N2)ccc1OCc1ccccc1. The minimum absolute atomic E-state index is 0.00684. The number of methoxy groups -OCH3 is 1. The van der Waals surface area contributed by atoms with Gasteiger partial charge in [0.2, 0.25) is 0 Å². The van der Waals surface area contributed by atoms with E-state index in [4.69, 9.17) is 9.47 Å². The number of fused-ring (bicyclic) bond motifs is 3. The van der Waals surface area contributed by atoms with E-state index in [1.165, 1.54) is 10.4 Å². The van der Waals surface area contributed by atoms with Gasteiger partial charge >= 0.3 is 0 Å². The number of hydrogen-bond donors (Lipinski definition) is 2. The van der Waals surface area contributed by atoms with Crippen molar-refractivity contribution in [1.82, 2.24) is 10.2 Å². The lowest BCUT2D eigenvalue weighted by molar-refractivity contribution is 0.0934. The second-order valence-electron chi connectivity index (χ2n) is 8.76. The van der Waals surface area contributed by atoms with Gasteiger partial charge in [-0.25, -0.2) is 0 Å². The Kier molecular flexibility index (Phi) is 6.00. The summed E-state index contributed by atoms with van der Waals surface area (Å²) in [5, 5.41) is 7.64. The van der Waals surface area contributed by atoms with Crippen LogP contribution >= 0.6 is 11.3 Å². The highest BCUT2D eigenvalue weighted by Gasteiger charge is 2.34. The number of amides is 1. The topological polar surface area (TPSA) is 62.8 Å². The van der Waals surface area contributed by atoms with Crippen molar-refractivity contribution in [2.75, 3.05) is 19.0 Å². The molecule has 2 aliphatic rings. The molecule has 7 heteroatoms. The van der Waals surface area contributed by atoms with Crippen molar-refractivity contribution >= 4 is 22.2 Å². The molecule has 2 aromatic carbocycles. The molecule has 6 nitrogen and oxygen atoms in total. The maximum atomic E-state index is 13.1. The van der Waals surface area contributed by atoms with Gasteiger partial charge in [-0.2, -0.15) is 0 Å². The molecule has 2 aliphatic heterocycles. The minimum atomic E-state index is -0.316. The Labute approximate surface area is 198 Å². The van der Waals surface area contributed by atoms with Crippen LogP contribution in [0.2, 0.25) is 0 Å². The number of nitrogens with zero attached hydrogens (tertiary/aromatic N) is 1. The predicted molar refractivity (Wildman–Crippen MR) is 131 cm³/mol. The van der Waals surface area contributed by atoms with Gasteiger partial charge in [0.1, 0.15) is 17.8 Å². The molecule has 172 valence electrons. The summed E-state index contributed by atoms with van der Waals surface area (Å²) >= 11 is 1.71. The number of anilines is 1. The predicted octanol–water partition coefficient (Wildman–Crippen LogP) is 4.96. The molecule has 1 atom stereocenters. The molecule has 3 heterocycles. The highest BCUT2D eigenvalue weighted by atomic mass is 32.1. The quantitative estimate of drug-likeness (QED) is 0.541. The molecule has 0 fully saturated rings. The van der Waals surface area contributed by atoms with Crippen LogP contribution in [0, 0.1) is 0 Å². The Morgan fingerprint density at radius 1 is 1.12 bits per heavy atom. The fourth-order valence-corrected chi connectivity index (χ4v) is 5.76. The normalized spacial score (nSPS) is 17.7. The van der Waals surface area contributed by atoms with Gasteiger partial charge < -0.3 is 20.1 Å². The highest BCUT2D eigenvalue weighted by Crippen LogP contribution is 2.41. The van der Waals surface area contributed by atoms with Gasteiger partial charge in [-0.05, 0) is 49.1 Å². The van der Waals surface area contributed by atoms with Crippen LogP contribution in [0.5, 0.6) is 11.5 Å². The Bertz CT molecular complexity index is 1160. The van der Waals surface area contributed by atoms with Crippen LogP contribution in [-0.4, -0.2) is 30.5 Å². The smallest absolute Gasteiger partial charge is 0.256 e. The number of ether oxygens (including phenoxy) is 2. The third-order valence-electron chi connectivity index (χ3n) is 6.35. The molecule has 2 N–H and O–H groups in total. The first-order chi connectivity index (χ1) is 16.0. The summed E-state index contributed by atoms with van der Waals surface area (Å²) in [5.41, 5.74) is 4.05. The standard InChI is InChI=1S/C26H29N3O3S/c1-16(2)29-12-11-19-22(14-29)33-26-23(19)25(30)27-24(28-26)18-9-10-20(21(13-18)31-3)32-15-17-7-5-4-6-8-17/h4-10,13,16,24,28H,11-12,14-15H2,1-3H3,(H,27,30). The van der Waals surface area contributed by atoms with E-state index in [0.29, 0.717) is 24.1 Å². The Hall–Kier alpha value is -3.03. The molecule has 0 bridgehead atoms. The fourth-order valence-electron chi connectivity index (χ4n) is 4.46. The molecule has 5 rings (SSSR count). The number of benzene rings is 2. The second kappa shape index (κ2) is 9.08. The van der Waals surface area contributed by atoms with E-state index >= 15 is 0 Å². The van der Waals surface area contributed by atoms with Crippen molar-refractivity contribution in [1.29, 1.82) is 0 Å². The molecule has 1 unspecified atom stereocenters. The lowest BCUT2D eigenvalue weighted by Crippen LogP contribution is -2.39. The monoisotopic (exact) mass is 463 g/mol. The molecule has 0 radical (unpaired) electrons. The van der Waals surface area contributed by atoms with Crippen LogP contribution in [0.25, 0.3) is 0 Å². The summed E-state index contributed by atoms with van der Waals surface area (Å²) in [6.07, 6.45) is 0.601. The molecule has 3 aromatic rings. The zero-order chi connectivity index (χ0) is 22.9. The number of thiophene rings is 1. The van der Waals surface area contributed by atoms with Gasteiger partial charge in [-0.15, -0.1) is 11.3 Å². The molecule has 1 aromatic heterocycles. The van der Waals surface area contributed by atoms with Gasteiger partial charge in [0, 0.05) is 24.0 Å². The van der Waals surface area contributed by atoms with Crippen molar-refractivity contribution in [2.45, 2.75) is 45.6 Å². The third kappa shape index (κ3) is 4.30. The summed E-state index contributed by atoms with van der Waals surface area (Å²) in [6, 6.07) is 16.3. The Morgan fingerprint density at radius 3 is 2.70 bits per heavy atom. The number of rotatable bonds is 6. The van der Waals surface area contributed by atoms with Gasteiger partial charge in [0.25, 0.3) is 5.91 Å². The van der Waals surface area contributed by atoms with E-state index in [9.17, 15) is 4.79 Å². The zero-order valence-corrected chi connectivity index (χ0v) is 20.0. The van der Waals surface area contributed by atoms with Crippen LogP contribution in [0.4, 0.5) is 5.00 Å². The van der Waals surface area contributed by atoms with E-state index in [1.54, 1.807) is 18.4 Å². The lowest BCUT2D eigenvalue weighted by Gasteiger charge is -2.31. The maximum absolute atomic E-state index is 13.1. The van der Waals surface area contributed by atoms with Crippen molar-refractivity contribution in [2.24, 2.45) is 0 Å². The van der Waals surface area contributed by atoms with Crippen molar-refractivity contribution in [3.63, 3.8) is 0 Å². The first-order valence-electron chi connectivity index (χ1n) is 11.3. The Morgan fingerprint density at radius 2 is 1.94 bits per heavy atom. The van der Waals surface area contributed by atoms with Gasteiger partial charge in [0.05, 0.1) is 12.7 Å². The number of carbonyl (C=O) groups is 1. The molecule has 0 saturated carbocycles. The summed E-state index contributed by atoms with van der Waals surface area (Å²) in [6.45, 7) is 6.81. The van der Waals surface area contributed by atoms with E-state index < -0.39 is 0 Å². The summed E-state index contributed by atoms with van der Waals surface area (Å²) < 4.78 is 11.6. The van der Waals surface area contributed by atoms with E-state index in [1.807, 2.05) is 48.5 Å². The average molecular weight is 464 g/mol. The van der Waals surface area contributed by atoms with Crippen molar-refractivity contribution in [3.8, 4) is 11.5 Å². The van der Waals surface area contributed by atoms with E-state index in [2.05, 4.69) is 29.4 Å². The first kappa shape index (κ1) is 21.8. The first-order valence-corrected chi connectivity index (χ1v) is 12.2. The van der Waals surface area contributed by atoms with Gasteiger partial charge in [-0.3, -0.25) is 9.69 Å². The van der Waals surface area contributed by atoms with Crippen LogP contribution < -0.4 is 20.1 Å². The Balaban J connectivity index is 1.35. The summed E-state index contributed by atoms with van der Waals surface area (Å²) in [4.78, 5) is 16.8. The van der Waals surface area contributed by atoms with Crippen LogP contribution in [0.1, 0.15) is 51.9 Å². The van der Waals surface area contributed by atoms with Crippen LogP contribution in [0.15, 0.2) is 48.5 Å². The van der Waals surface area contributed by atoms with E-state index in [-0.39, 0.29) is 12.1 Å². The maximum Gasteiger partial charge on any atom is 0.256 e. The van der Waals surface area contributed by atoms with Crippen molar-refractivity contribution < 1.29 is 14.3 Å². The van der Waals surface area contributed by atoms with Gasteiger partial charge in [-0.1, -0.05) is 36.4 Å². The molecule has 0 spiro atoms. The van der Waals surface area contributed by atoms with Gasteiger partial charge in [0.15, 0.2) is 11.5 Å². The second-order valence-corrected chi connectivity index (χ2v) is 9.86. The molecular weight excluding hydrogens is 434 g/mol. The van der Waals surface area contributed by atoms with Crippen molar-refractivity contribution in [3.05, 3.63) is 75.7 Å². The lowest BCUT2D eigenvalue weighted by atomic mass is 9.99. The molecular formula is C26H29N3O3S. The summed E-state index contributed by atoms with van der Waals surface area (Å²) in [7, 11) is 1.63. The highest BCUT2D eigenvalue weighted by molar-refractivity contribution is 7.16. The average Bonchev–Trinajstić information content (AvgIpc) is 3.21. The third-order valence-corrected chi connectivity index (χ3v) is 7.50. The zero-order valence-electron chi connectivity index (χ0n) is 19.2. The van der Waals surface area contributed by atoms with Crippen LogP contribution in [-0.2, 0) is 19.6 Å². The molecule has 33 heavy (non-hydrogen) atoms. The molecule has 0 aliphatic carbocycles. The molecule has 0 saturated heterocycles. The van der Waals surface area contributed by atoms with Crippen LogP contribution in [0.3, 0.4) is 0 Å². The largest absolute Gasteiger partial charge is 0.493 e. The number of hydrogen-bond acceptors (Lipinski definition) is 6. The number of carbonyl (C=O) groups excluding carboxylic acids is 1. The van der Waals surface area contributed by atoms with E-state index in [0.717, 1.165) is 41.2 Å². The number of nitrogens with one attached hydrogen (secondary N) is 2. The minimum Gasteiger partial charge on any atom is -0.493 e. The molecule has 1 amide bonds.